The van der Waals surface area contributed by atoms with Crippen LogP contribution >= 0.6 is 11.6 Å². The molecule has 2 aromatic carbocycles. The first-order valence-corrected chi connectivity index (χ1v) is 18.6. The van der Waals surface area contributed by atoms with Crippen molar-refractivity contribution >= 4 is 45.9 Å². The Morgan fingerprint density at radius 3 is 2.71 bits per heavy atom. The first kappa shape index (κ1) is 32.6. The molecule has 0 radical (unpaired) electrons. The number of likely N-dealkylation sites (tertiary alicyclic amines) is 1. The van der Waals surface area contributed by atoms with Gasteiger partial charge in [-0.25, -0.2) is 0 Å². The Morgan fingerprint density at radius 2 is 1.90 bits per heavy atom. The summed E-state index contributed by atoms with van der Waals surface area (Å²) in [5, 5.41) is 6.96. The number of rotatable bonds is 9. The first-order chi connectivity index (χ1) is 24.9. The quantitative estimate of drug-likeness (QED) is 0.216. The Balaban J connectivity index is 0.962. The van der Waals surface area contributed by atoms with Gasteiger partial charge in [-0.05, 0) is 69.1 Å². The molecule has 4 saturated heterocycles. The molecule has 4 aromatic rings. The zero-order valence-corrected chi connectivity index (χ0v) is 29.7. The number of hydrogen-bond acceptors (Lipinski definition) is 11. The molecule has 51 heavy (non-hydrogen) atoms. The van der Waals surface area contributed by atoms with Gasteiger partial charge in [0.15, 0.2) is 5.82 Å². The summed E-state index contributed by atoms with van der Waals surface area (Å²) in [6, 6.07) is 12.9. The summed E-state index contributed by atoms with van der Waals surface area (Å²) in [4.78, 5) is 37.0. The van der Waals surface area contributed by atoms with Gasteiger partial charge in [-0.3, -0.25) is 9.69 Å². The minimum atomic E-state index is -0.0762. The van der Waals surface area contributed by atoms with Crippen molar-refractivity contribution in [2.75, 3.05) is 69.4 Å². The predicted octanol–water partition coefficient (Wildman–Crippen LogP) is 5.10. The van der Waals surface area contributed by atoms with Gasteiger partial charge in [0.25, 0.3) is 5.89 Å². The van der Waals surface area contributed by atoms with Crippen molar-refractivity contribution < 1.29 is 18.8 Å². The molecule has 1 amide bonds. The fourth-order valence-electron chi connectivity index (χ4n) is 8.69. The molecule has 5 aliphatic heterocycles. The molecule has 12 nitrogen and oxygen atoms in total. The number of aromatic nitrogens is 4. The zero-order valence-electron chi connectivity index (χ0n) is 29.0. The number of halogens is 1. The van der Waals surface area contributed by atoms with E-state index in [-0.39, 0.29) is 23.4 Å². The monoisotopic (exact) mass is 710 g/mol. The average Bonchev–Trinajstić information content (AvgIpc) is 3.94. The molecule has 5 aliphatic rings. The highest BCUT2D eigenvalue weighted by molar-refractivity contribution is 6.36. The molecule has 0 saturated carbocycles. The van der Waals surface area contributed by atoms with Gasteiger partial charge < -0.3 is 28.7 Å². The number of fused-ring (bicyclic) bond motifs is 3. The van der Waals surface area contributed by atoms with Crippen LogP contribution in [0.2, 0.25) is 5.02 Å². The van der Waals surface area contributed by atoms with E-state index >= 15 is 0 Å². The number of carbonyl (C=O) groups is 1. The molecule has 13 heteroatoms. The number of benzene rings is 2. The Labute approximate surface area is 302 Å². The molecule has 9 rings (SSSR count). The number of likely N-dealkylation sites (N-methyl/N-ethyl adjacent to an activating group) is 1. The van der Waals surface area contributed by atoms with Crippen LogP contribution < -0.4 is 14.5 Å². The second kappa shape index (κ2) is 13.4. The number of hydrogen-bond donors (Lipinski definition) is 0. The molecule has 1 atom stereocenters. The predicted molar refractivity (Wildman–Crippen MR) is 194 cm³/mol. The van der Waals surface area contributed by atoms with E-state index in [1.807, 2.05) is 17.0 Å². The molecule has 0 bridgehead atoms. The Kier molecular flexibility index (Phi) is 8.56. The van der Waals surface area contributed by atoms with Gasteiger partial charge in [0.2, 0.25) is 5.91 Å². The van der Waals surface area contributed by atoms with E-state index in [9.17, 15) is 4.79 Å². The largest absolute Gasteiger partial charge is 0.461 e. The van der Waals surface area contributed by atoms with Crippen LogP contribution in [0.3, 0.4) is 0 Å². The van der Waals surface area contributed by atoms with E-state index < -0.39 is 0 Å². The number of amides is 1. The van der Waals surface area contributed by atoms with Gasteiger partial charge in [0.1, 0.15) is 12.4 Å². The van der Waals surface area contributed by atoms with Crippen molar-refractivity contribution in [1.29, 1.82) is 0 Å². The summed E-state index contributed by atoms with van der Waals surface area (Å²) in [5.74, 6) is 1.94. The summed E-state index contributed by atoms with van der Waals surface area (Å²) < 4.78 is 17.1. The second-order valence-corrected chi connectivity index (χ2v) is 15.1. The third kappa shape index (κ3) is 6.10. The second-order valence-electron chi connectivity index (χ2n) is 14.6. The highest BCUT2D eigenvalue weighted by Gasteiger charge is 2.45. The number of ether oxygens (including phenoxy) is 2. The first-order valence-electron chi connectivity index (χ1n) is 18.3. The third-order valence-electron chi connectivity index (χ3n) is 11.7. The number of carbonyl (C=O) groups excluding carboxylic acids is 1. The normalized spacial score (nSPS) is 21.7. The smallest absolute Gasteiger partial charge is 0.318 e. The molecule has 2 aromatic heterocycles. The van der Waals surface area contributed by atoms with Crippen LogP contribution in [0.1, 0.15) is 61.0 Å². The van der Waals surface area contributed by atoms with Gasteiger partial charge in [-0.1, -0.05) is 41.0 Å². The van der Waals surface area contributed by atoms with E-state index in [0.29, 0.717) is 57.2 Å². The van der Waals surface area contributed by atoms with Gasteiger partial charge >= 0.3 is 6.01 Å². The van der Waals surface area contributed by atoms with Crippen molar-refractivity contribution in [3.63, 3.8) is 0 Å². The highest BCUT2D eigenvalue weighted by Crippen LogP contribution is 2.40. The van der Waals surface area contributed by atoms with Crippen molar-refractivity contribution in [1.82, 2.24) is 29.9 Å². The fourth-order valence-corrected chi connectivity index (χ4v) is 8.97. The molecule has 266 valence electrons. The van der Waals surface area contributed by atoms with Crippen molar-refractivity contribution in [3.05, 3.63) is 70.5 Å². The van der Waals surface area contributed by atoms with Crippen molar-refractivity contribution in [2.45, 2.75) is 62.6 Å². The standard InChI is InChI=1S/C38H43ClN8O4/c1-44(27-12-18-46(20-27)33(48)11-10-32-41-35(43-51-32)26-22-49-23-26)36-28-13-19-45(31-9-3-7-25-6-2-8-29(39)34(25)31)21-30(28)40-37(42-36)50-24-38-14-4-16-47(38)17-5-15-38/h2-3,6-11,26-27H,4-5,12-24H2,1H3/b11-10+. The number of anilines is 2. The molecule has 7 heterocycles. The van der Waals surface area contributed by atoms with E-state index in [0.717, 1.165) is 83.9 Å². The third-order valence-corrected chi connectivity index (χ3v) is 12.0. The van der Waals surface area contributed by atoms with E-state index in [4.69, 9.17) is 35.6 Å². The summed E-state index contributed by atoms with van der Waals surface area (Å²) >= 11 is 6.77. The molecule has 0 spiro atoms. The Hall–Kier alpha value is -4.26. The Morgan fingerprint density at radius 1 is 1.08 bits per heavy atom. The molecule has 1 unspecified atom stereocenters. The van der Waals surface area contributed by atoms with E-state index in [1.54, 1.807) is 6.08 Å². The van der Waals surface area contributed by atoms with Crippen LogP contribution in [-0.2, 0) is 22.5 Å². The SMILES string of the molecule is CN(c1nc(OCC23CCCN2CCC3)nc2c1CCN(c1cccc3cccc(Cl)c13)C2)C1CCN(C(=O)/C=C/c2nc(C3COC3)no2)C1. The van der Waals surface area contributed by atoms with Crippen LogP contribution in [0.5, 0.6) is 6.01 Å². The minimum Gasteiger partial charge on any atom is -0.461 e. The van der Waals surface area contributed by atoms with Crippen LogP contribution in [0.4, 0.5) is 11.5 Å². The van der Waals surface area contributed by atoms with Crippen LogP contribution in [0.25, 0.3) is 16.8 Å². The summed E-state index contributed by atoms with van der Waals surface area (Å²) in [5.41, 5.74) is 3.32. The molecular formula is C38H43ClN8O4. The van der Waals surface area contributed by atoms with E-state index in [2.05, 4.69) is 56.2 Å². The van der Waals surface area contributed by atoms with Gasteiger partial charge in [0, 0.05) is 61.5 Å². The lowest BCUT2D eigenvalue weighted by Gasteiger charge is -2.35. The topological polar surface area (TPSA) is 113 Å². The maximum Gasteiger partial charge on any atom is 0.318 e. The lowest BCUT2D eigenvalue weighted by atomic mass is 9.95. The molecule has 4 fully saturated rings. The van der Waals surface area contributed by atoms with Gasteiger partial charge in [0.05, 0.1) is 41.9 Å². The lowest BCUT2D eigenvalue weighted by Crippen LogP contribution is -2.44. The average molecular weight is 711 g/mol. The van der Waals surface area contributed by atoms with Crippen molar-refractivity contribution in [2.24, 2.45) is 0 Å². The van der Waals surface area contributed by atoms with Crippen LogP contribution in [-0.4, -0.2) is 107 Å². The zero-order chi connectivity index (χ0) is 34.5. The maximum absolute atomic E-state index is 13.3. The van der Waals surface area contributed by atoms with E-state index in [1.165, 1.54) is 18.9 Å². The minimum absolute atomic E-state index is 0.0762. The van der Waals surface area contributed by atoms with Crippen LogP contribution in [0, 0.1) is 0 Å². The van der Waals surface area contributed by atoms with Crippen LogP contribution in [0.15, 0.2) is 47.0 Å². The summed E-state index contributed by atoms with van der Waals surface area (Å²) in [6.07, 6.45) is 9.48. The fraction of sp³-hybridized carbons (Fsp3) is 0.500. The lowest BCUT2D eigenvalue weighted by molar-refractivity contribution is -0.124. The Bertz CT molecular complexity index is 1970. The van der Waals surface area contributed by atoms with Crippen molar-refractivity contribution in [3.8, 4) is 6.01 Å². The molecule has 0 N–H and O–H groups in total. The highest BCUT2D eigenvalue weighted by atomic mass is 35.5. The van der Waals surface area contributed by atoms with Gasteiger partial charge in [-0.15, -0.1) is 0 Å². The molecular weight excluding hydrogens is 668 g/mol. The van der Waals surface area contributed by atoms with Gasteiger partial charge in [-0.2, -0.15) is 15.0 Å². The number of nitrogens with zero attached hydrogens (tertiary/aromatic N) is 8. The summed E-state index contributed by atoms with van der Waals surface area (Å²) in [7, 11) is 2.09. The maximum atomic E-state index is 13.3. The molecule has 0 aliphatic carbocycles. The summed E-state index contributed by atoms with van der Waals surface area (Å²) in [6.45, 7) is 6.76.